The van der Waals surface area contributed by atoms with Crippen LogP contribution in [0.15, 0.2) is 78.9 Å². The molecule has 30 heavy (non-hydrogen) atoms. The highest BCUT2D eigenvalue weighted by molar-refractivity contribution is 6.30. The van der Waals surface area contributed by atoms with E-state index in [-0.39, 0.29) is 5.97 Å². The summed E-state index contributed by atoms with van der Waals surface area (Å²) >= 11 is 12.1. The van der Waals surface area contributed by atoms with Crippen LogP contribution in [0.4, 0.5) is 0 Å². The molecule has 2 nitrogen and oxygen atoms in total. The average Bonchev–Trinajstić information content (AvgIpc) is 2.74. The van der Waals surface area contributed by atoms with Gasteiger partial charge in [-0.1, -0.05) is 77.5 Å². The minimum atomic E-state index is -0.765. The molecular weight excluding hydrogens is 415 g/mol. The molecule has 0 aliphatic rings. The molecule has 0 heterocycles. The van der Waals surface area contributed by atoms with E-state index < -0.39 is 11.5 Å². The molecule has 0 fully saturated rings. The number of halogens is 2. The number of hydrogen-bond donors (Lipinski definition) is 0. The maximum atomic E-state index is 13.1. The van der Waals surface area contributed by atoms with Crippen molar-refractivity contribution in [1.29, 1.82) is 0 Å². The van der Waals surface area contributed by atoms with Gasteiger partial charge < -0.3 is 4.74 Å². The van der Waals surface area contributed by atoms with Crippen molar-refractivity contribution in [3.63, 3.8) is 0 Å². The van der Waals surface area contributed by atoms with E-state index >= 15 is 0 Å². The van der Waals surface area contributed by atoms with Crippen LogP contribution in [0.3, 0.4) is 0 Å². The largest absolute Gasteiger partial charge is 0.452 e. The summed E-state index contributed by atoms with van der Waals surface area (Å²) in [5, 5.41) is 1.24. The van der Waals surface area contributed by atoms with Crippen molar-refractivity contribution in [1.82, 2.24) is 0 Å². The molecule has 0 unspecified atom stereocenters. The number of hydrogen-bond acceptors (Lipinski definition) is 2. The predicted molar refractivity (Wildman–Crippen MR) is 123 cm³/mol. The summed E-state index contributed by atoms with van der Waals surface area (Å²) in [5.74, 6) is 5.88. The first-order chi connectivity index (χ1) is 14.3. The monoisotopic (exact) mass is 436 g/mol. The Bertz CT molecular complexity index is 999. The fourth-order valence-corrected chi connectivity index (χ4v) is 3.08. The van der Waals surface area contributed by atoms with Crippen LogP contribution in [0, 0.1) is 17.3 Å². The fourth-order valence-electron chi connectivity index (χ4n) is 2.83. The molecule has 4 heteroatoms. The zero-order chi connectivity index (χ0) is 21.6. The summed E-state index contributed by atoms with van der Waals surface area (Å²) in [5.41, 5.74) is 1.82. The van der Waals surface area contributed by atoms with Gasteiger partial charge in [0.25, 0.3) is 0 Å². The Balaban J connectivity index is 1.80. The predicted octanol–water partition coefficient (Wildman–Crippen LogP) is 7.09. The van der Waals surface area contributed by atoms with Crippen molar-refractivity contribution in [2.75, 3.05) is 0 Å². The van der Waals surface area contributed by atoms with Crippen molar-refractivity contribution in [3.8, 4) is 11.8 Å². The van der Waals surface area contributed by atoms with E-state index in [1.54, 1.807) is 24.3 Å². The van der Waals surface area contributed by atoms with E-state index in [2.05, 4.69) is 11.8 Å². The molecule has 0 amide bonds. The van der Waals surface area contributed by atoms with Crippen LogP contribution in [0.1, 0.15) is 43.1 Å². The Labute approximate surface area is 187 Å². The number of rotatable bonds is 5. The lowest BCUT2D eigenvalue weighted by Gasteiger charge is -2.25. The van der Waals surface area contributed by atoms with Gasteiger partial charge in [0.1, 0.15) is 0 Å². The van der Waals surface area contributed by atoms with E-state index in [1.807, 2.05) is 68.4 Å². The van der Waals surface area contributed by atoms with Crippen molar-refractivity contribution in [2.24, 2.45) is 5.41 Å². The van der Waals surface area contributed by atoms with E-state index in [4.69, 9.17) is 27.9 Å². The summed E-state index contributed by atoms with van der Waals surface area (Å²) in [6, 6.07) is 24.3. The highest BCUT2D eigenvalue weighted by Gasteiger charge is 2.32. The number of benzene rings is 3. The van der Waals surface area contributed by atoms with Gasteiger partial charge in [0.05, 0.1) is 5.41 Å². The second-order valence-electron chi connectivity index (χ2n) is 7.62. The summed E-state index contributed by atoms with van der Waals surface area (Å²) in [4.78, 5) is 13.1. The first-order valence-electron chi connectivity index (χ1n) is 9.61. The number of esters is 1. The molecule has 3 aromatic rings. The van der Waals surface area contributed by atoms with Gasteiger partial charge in [-0.25, -0.2) is 0 Å². The summed E-state index contributed by atoms with van der Waals surface area (Å²) in [6.07, 6.45) is -0.178. The van der Waals surface area contributed by atoms with E-state index in [0.29, 0.717) is 16.5 Å². The molecule has 152 valence electrons. The summed E-state index contributed by atoms with van der Waals surface area (Å²) in [6.45, 7) is 3.69. The molecule has 0 radical (unpaired) electrons. The smallest absolute Gasteiger partial charge is 0.313 e. The fraction of sp³-hybridized carbons (Fsp3) is 0.192. The second-order valence-corrected chi connectivity index (χ2v) is 8.49. The molecule has 0 aliphatic carbocycles. The summed E-state index contributed by atoms with van der Waals surface area (Å²) in [7, 11) is 0. The molecule has 0 spiro atoms. The lowest BCUT2D eigenvalue weighted by atomic mass is 9.89. The lowest BCUT2D eigenvalue weighted by Crippen LogP contribution is -2.28. The molecule has 3 aromatic carbocycles. The van der Waals surface area contributed by atoms with E-state index in [1.165, 1.54) is 0 Å². The van der Waals surface area contributed by atoms with Crippen LogP contribution in [0.25, 0.3) is 0 Å². The van der Waals surface area contributed by atoms with Gasteiger partial charge in [0.15, 0.2) is 6.10 Å². The standard InChI is InChI=1S/C26H22Cl2O2/c1-26(2,18-6-9-19-7-4-3-5-8-19)25(29)30-24(20-10-14-22(27)15-11-20)21-12-16-23(28)17-13-21/h3-5,7-8,10-17,24H,18H2,1-2H3. The lowest BCUT2D eigenvalue weighted by molar-refractivity contribution is -0.157. The third-order valence-corrected chi connectivity index (χ3v) is 5.16. The van der Waals surface area contributed by atoms with Crippen LogP contribution in [0.2, 0.25) is 10.0 Å². The first kappa shape index (κ1) is 22.0. The molecule has 0 saturated heterocycles. The highest BCUT2D eigenvalue weighted by Crippen LogP contribution is 2.32. The van der Waals surface area contributed by atoms with Gasteiger partial charge in [-0.3, -0.25) is 4.79 Å². The minimum Gasteiger partial charge on any atom is -0.452 e. The molecule has 0 saturated carbocycles. The van der Waals surface area contributed by atoms with Gasteiger partial charge in [-0.05, 0) is 61.4 Å². The van der Waals surface area contributed by atoms with Crippen molar-refractivity contribution in [2.45, 2.75) is 26.4 Å². The Morgan fingerprint density at radius 3 is 1.87 bits per heavy atom. The number of carbonyl (C=O) groups excluding carboxylic acids is 1. The maximum Gasteiger partial charge on any atom is 0.313 e. The molecule has 0 aliphatic heterocycles. The van der Waals surface area contributed by atoms with E-state index in [9.17, 15) is 4.79 Å². The molecular formula is C26H22Cl2O2. The topological polar surface area (TPSA) is 26.3 Å². The Morgan fingerprint density at radius 1 is 0.867 bits per heavy atom. The Hall–Kier alpha value is -2.73. The third kappa shape index (κ3) is 5.89. The van der Waals surface area contributed by atoms with Gasteiger partial charge in [-0.15, -0.1) is 0 Å². The molecule has 0 bridgehead atoms. The molecule has 0 aromatic heterocycles. The maximum absolute atomic E-state index is 13.1. The molecule has 0 atom stereocenters. The van der Waals surface area contributed by atoms with Gasteiger partial charge in [0, 0.05) is 22.0 Å². The van der Waals surface area contributed by atoms with Crippen LogP contribution in [-0.2, 0) is 9.53 Å². The number of ether oxygens (including phenoxy) is 1. The van der Waals surface area contributed by atoms with E-state index in [0.717, 1.165) is 16.7 Å². The third-order valence-electron chi connectivity index (χ3n) is 4.66. The Kier molecular flexibility index (Phi) is 7.21. The molecule has 3 rings (SSSR count). The zero-order valence-electron chi connectivity index (χ0n) is 16.9. The zero-order valence-corrected chi connectivity index (χ0v) is 18.4. The van der Waals surface area contributed by atoms with Gasteiger partial charge in [0.2, 0.25) is 0 Å². The number of carbonyl (C=O) groups is 1. The quantitative estimate of drug-likeness (QED) is 0.315. The summed E-state index contributed by atoms with van der Waals surface area (Å²) < 4.78 is 5.98. The van der Waals surface area contributed by atoms with Crippen molar-refractivity contribution >= 4 is 29.2 Å². The van der Waals surface area contributed by atoms with Crippen LogP contribution in [-0.4, -0.2) is 5.97 Å². The average molecular weight is 437 g/mol. The normalized spacial score (nSPS) is 11.0. The second kappa shape index (κ2) is 9.85. The Morgan fingerprint density at radius 2 is 1.37 bits per heavy atom. The van der Waals surface area contributed by atoms with Crippen molar-refractivity contribution < 1.29 is 9.53 Å². The minimum absolute atomic E-state index is 0.320. The SMILES string of the molecule is CC(C)(CC#Cc1ccccc1)C(=O)OC(c1ccc(Cl)cc1)c1ccc(Cl)cc1. The van der Waals surface area contributed by atoms with Crippen molar-refractivity contribution in [3.05, 3.63) is 106 Å². The van der Waals surface area contributed by atoms with Crippen LogP contribution >= 0.6 is 23.2 Å². The molecule has 0 N–H and O–H groups in total. The first-order valence-corrected chi connectivity index (χ1v) is 10.4. The van der Waals surface area contributed by atoms with Gasteiger partial charge >= 0.3 is 5.97 Å². The van der Waals surface area contributed by atoms with Gasteiger partial charge in [-0.2, -0.15) is 0 Å². The van der Waals surface area contributed by atoms with Crippen LogP contribution < -0.4 is 0 Å². The van der Waals surface area contributed by atoms with Crippen LogP contribution in [0.5, 0.6) is 0 Å². The highest BCUT2D eigenvalue weighted by atomic mass is 35.5.